The summed E-state index contributed by atoms with van der Waals surface area (Å²) in [6.07, 6.45) is -0.117. The van der Waals surface area contributed by atoms with Gasteiger partial charge in [-0.15, -0.1) is 0 Å². The number of carbonyl (C=O) groups excluding carboxylic acids is 2. The van der Waals surface area contributed by atoms with Crippen LogP contribution in [0.1, 0.15) is 23.7 Å². The molecule has 0 radical (unpaired) electrons. The van der Waals surface area contributed by atoms with Gasteiger partial charge in [-0.05, 0) is 37.3 Å². The molecular weight excluding hydrogens is 343 g/mol. The Morgan fingerprint density at radius 3 is 2.46 bits per heavy atom. The minimum absolute atomic E-state index is 0.117. The van der Waals surface area contributed by atoms with Crippen LogP contribution in [0.4, 0.5) is 15.8 Å². The summed E-state index contributed by atoms with van der Waals surface area (Å²) in [7, 11) is 0. The van der Waals surface area contributed by atoms with E-state index >= 15 is 0 Å². The molecule has 0 unspecified atom stereocenters. The Morgan fingerprint density at radius 2 is 1.81 bits per heavy atom. The zero-order valence-corrected chi connectivity index (χ0v) is 13.7. The van der Waals surface area contributed by atoms with Crippen LogP contribution in [0.15, 0.2) is 53.6 Å². The number of hydrogen-bond donors (Lipinski definition) is 2. The number of nitrogens with zero attached hydrogens (tertiary/aromatic N) is 2. The quantitative estimate of drug-likeness (QED) is 0.469. The van der Waals surface area contributed by atoms with Gasteiger partial charge in [-0.3, -0.25) is 19.7 Å². The zero-order valence-electron chi connectivity index (χ0n) is 13.7. The molecule has 0 aliphatic carbocycles. The molecule has 0 spiro atoms. The molecule has 0 heterocycles. The van der Waals surface area contributed by atoms with Crippen LogP contribution in [0.2, 0.25) is 0 Å². The van der Waals surface area contributed by atoms with Gasteiger partial charge in [0.1, 0.15) is 11.4 Å². The van der Waals surface area contributed by atoms with Crippen molar-refractivity contribution in [3.8, 4) is 0 Å². The highest BCUT2D eigenvalue weighted by atomic mass is 19.1. The van der Waals surface area contributed by atoms with E-state index in [9.17, 15) is 24.1 Å². The molecule has 0 aromatic heterocycles. The molecule has 134 valence electrons. The average molecular weight is 358 g/mol. The Morgan fingerprint density at radius 1 is 1.15 bits per heavy atom. The first-order valence-corrected chi connectivity index (χ1v) is 7.49. The van der Waals surface area contributed by atoms with Crippen molar-refractivity contribution in [2.75, 3.05) is 5.32 Å². The van der Waals surface area contributed by atoms with Crippen LogP contribution in [0, 0.1) is 15.9 Å². The first kappa shape index (κ1) is 18.7. The second-order valence-electron chi connectivity index (χ2n) is 5.29. The van der Waals surface area contributed by atoms with Crippen LogP contribution < -0.4 is 10.7 Å². The fourth-order valence-corrected chi connectivity index (χ4v) is 2.04. The lowest BCUT2D eigenvalue weighted by Gasteiger charge is -2.06. The maximum absolute atomic E-state index is 12.8. The van der Waals surface area contributed by atoms with E-state index in [4.69, 9.17) is 0 Å². The Hall–Kier alpha value is -3.62. The Kier molecular flexibility index (Phi) is 6.10. The van der Waals surface area contributed by atoms with E-state index in [2.05, 4.69) is 15.8 Å². The zero-order chi connectivity index (χ0) is 19.1. The van der Waals surface area contributed by atoms with Gasteiger partial charge in [0.25, 0.3) is 11.6 Å². The highest BCUT2D eigenvalue weighted by Crippen LogP contribution is 2.17. The van der Waals surface area contributed by atoms with Gasteiger partial charge < -0.3 is 5.32 Å². The topological polar surface area (TPSA) is 114 Å². The van der Waals surface area contributed by atoms with Gasteiger partial charge in [-0.2, -0.15) is 5.10 Å². The minimum Gasteiger partial charge on any atom is -0.326 e. The summed E-state index contributed by atoms with van der Waals surface area (Å²) in [4.78, 5) is 34.2. The fraction of sp³-hybridized carbons (Fsp3) is 0.118. The minimum atomic E-state index is -0.754. The van der Waals surface area contributed by atoms with Crippen LogP contribution in [-0.2, 0) is 4.79 Å². The summed E-state index contributed by atoms with van der Waals surface area (Å²) in [5, 5.41) is 17.2. The second-order valence-corrected chi connectivity index (χ2v) is 5.29. The summed E-state index contributed by atoms with van der Waals surface area (Å²) < 4.78 is 12.8. The van der Waals surface area contributed by atoms with Crippen molar-refractivity contribution in [2.45, 2.75) is 13.3 Å². The van der Waals surface area contributed by atoms with E-state index in [-0.39, 0.29) is 23.4 Å². The molecule has 2 aromatic rings. The Bertz CT molecular complexity index is 865. The number of nitro groups is 1. The predicted molar refractivity (Wildman–Crippen MR) is 93.3 cm³/mol. The third-order valence-electron chi connectivity index (χ3n) is 3.24. The number of rotatable bonds is 6. The first-order valence-electron chi connectivity index (χ1n) is 7.49. The van der Waals surface area contributed by atoms with Crippen molar-refractivity contribution < 1.29 is 18.9 Å². The smallest absolute Gasteiger partial charge is 0.282 e. The summed E-state index contributed by atoms with van der Waals surface area (Å²) in [5.74, 6) is -1.58. The third kappa shape index (κ3) is 5.20. The average Bonchev–Trinajstić information content (AvgIpc) is 2.61. The molecule has 9 heteroatoms. The molecule has 2 rings (SSSR count). The number of amides is 2. The number of nitrogens with one attached hydrogen (secondary N) is 2. The number of benzene rings is 2. The van der Waals surface area contributed by atoms with Crippen LogP contribution in [0.5, 0.6) is 0 Å². The molecule has 0 bridgehead atoms. The fourth-order valence-electron chi connectivity index (χ4n) is 2.04. The van der Waals surface area contributed by atoms with Crippen molar-refractivity contribution in [1.29, 1.82) is 0 Å². The summed E-state index contributed by atoms with van der Waals surface area (Å²) in [5.41, 5.74) is 2.42. The normalized spacial score (nSPS) is 10.9. The molecule has 2 amide bonds. The Labute approximate surface area is 147 Å². The number of hydrazone groups is 1. The van der Waals surface area contributed by atoms with Gasteiger partial charge in [0.2, 0.25) is 5.91 Å². The number of hydrogen-bond acceptors (Lipinski definition) is 5. The van der Waals surface area contributed by atoms with Crippen LogP contribution in [-0.4, -0.2) is 22.4 Å². The molecule has 0 aliphatic rings. The lowest BCUT2D eigenvalue weighted by molar-refractivity contribution is -0.385. The van der Waals surface area contributed by atoms with E-state index < -0.39 is 22.6 Å². The van der Waals surface area contributed by atoms with Gasteiger partial charge >= 0.3 is 0 Å². The standard InChI is InChI=1S/C17H15FN4O4/c1-11(10-16(23)19-13-8-6-12(18)7-9-13)20-21-17(24)14-4-2-3-5-15(14)22(25)26/h2-9H,10H2,1H3,(H,19,23)(H,21,24)/b20-11+. The van der Waals surface area contributed by atoms with Crippen molar-refractivity contribution >= 4 is 28.9 Å². The second kappa shape index (κ2) is 8.47. The molecule has 0 aliphatic heterocycles. The molecule has 0 atom stereocenters. The van der Waals surface area contributed by atoms with Crippen molar-refractivity contribution in [3.05, 3.63) is 70.0 Å². The maximum Gasteiger partial charge on any atom is 0.282 e. The van der Waals surface area contributed by atoms with Gasteiger partial charge in [0, 0.05) is 17.5 Å². The van der Waals surface area contributed by atoms with E-state index in [0.29, 0.717) is 5.69 Å². The predicted octanol–water partition coefficient (Wildman–Crippen LogP) is 2.87. The van der Waals surface area contributed by atoms with E-state index in [0.717, 1.165) is 0 Å². The van der Waals surface area contributed by atoms with Crippen LogP contribution in [0.3, 0.4) is 0 Å². The van der Waals surface area contributed by atoms with Crippen LogP contribution >= 0.6 is 0 Å². The SMILES string of the molecule is C/C(CC(=O)Nc1ccc(F)cc1)=N\NC(=O)c1ccccc1[N+](=O)[O-]. The van der Waals surface area contributed by atoms with E-state index in [1.54, 1.807) is 0 Å². The molecule has 8 nitrogen and oxygen atoms in total. The summed E-state index contributed by atoms with van der Waals surface area (Å²) in [6, 6.07) is 10.7. The molecule has 0 fully saturated rings. The van der Waals surface area contributed by atoms with Crippen molar-refractivity contribution in [2.24, 2.45) is 5.10 Å². The monoisotopic (exact) mass is 358 g/mol. The molecule has 0 saturated carbocycles. The summed E-state index contributed by atoms with van der Waals surface area (Å²) >= 11 is 0. The summed E-state index contributed by atoms with van der Waals surface area (Å²) in [6.45, 7) is 1.52. The lowest BCUT2D eigenvalue weighted by Crippen LogP contribution is -2.22. The van der Waals surface area contributed by atoms with E-state index in [1.807, 2.05) is 0 Å². The largest absolute Gasteiger partial charge is 0.326 e. The van der Waals surface area contributed by atoms with Crippen molar-refractivity contribution in [3.63, 3.8) is 0 Å². The number of halogens is 1. The van der Waals surface area contributed by atoms with Gasteiger partial charge in [-0.1, -0.05) is 12.1 Å². The molecule has 2 N–H and O–H groups in total. The van der Waals surface area contributed by atoms with Crippen molar-refractivity contribution in [1.82, 2.24) is 5.43 Å². The van der Waals surface area contributed by atoms with Gasteiger partial charge in [0.15, 0.2) is 0 Å². The molecule has 2 aromatic carbocycles. The maximum atomic E-state index is 12.8. The van der Waals surface area contributed by atoms with Gasteiger partial charge in [0.05, 0.1) is 11.3 Å². The Balaban J connectivity index is 1.95. The number of carbonyl (C=O) groups is 2. The lowest BCUT2D eigenvalue weighted by atomic mass is 10.2. The third-order valence-corrected chi connectivity index (χ3v) is 3.24. The highest BCUT2D eigenvalue weighted by molar-refractivity contribution is 6.06. The first-order chi connectivity index (χ1) is 12.4. The molecule has 0 saturated heterocycles. The highest BCUT2D eigenvalue weighted by Gasteiger charge is 2.18. The molecule has 26 heavy (non-hydrogen) atoms. The molecular formula is C17H15FN4O4. The number of para-hydroxylation sites is 1. The van der Waals surface area contributed by atoms with E-state index in [1.165, 1.54) is 55.5 Å². The van der Waals surface area contributed by atoms with Crippen LogP contribution in [0.25, 0.3) is 0 Å². The van der Waals surface area contributed by atoms with Gasteiger partial charge in [-0.25, -0.2) is 9.82 Å². The number of nitro benzene ring substituents is 1. The number of anilines is 1.